The third-order valence-electron chi connectivity index (χ3n) is 7.78. The second kappa shape index (κ2) is 12.2. The number of amides is 2. The van der Waals surface area contributed by atoms with Gasteiger partial charge in [0.25, 0.3) is 5.91 Å². The molecule has 0 aliphatic carbocycles. The average Bonchev–Trinajstić information content (AvgIpc) is 3.37. The minimum absolute atomic E-state index is 0.00242. The fourth-order valence-corrected chi connectivity index (χ4v) is 5.79. The number of halogens is 5. The predicted octanol–water partition coefficient (Wildman–Crippen LogP) is 5.05. The van der Waals surface area contributed by atoms with Gasteiger partial charge in [0, 0.05) is 30.5 Å². The predicted molar refractivity (Wildman–Crippen MR) is 143 cm³/mol. The summed E-state index contributed by atoms with van der Waals surface area (Å²) in [7, 11) is 1.53. The number of methoxy groups -OCH3 is 1. The van der Waals surface area contributed by atoms with Crippen molar-refractivity contribution in [1.82, 2.24) is 19.7 Å². The summed E-state index contributed by atoms with van der Waals surface area (Å²) in [4.78, 5) is 34.2. The van der Waals surface area contributed by atoms with Gasteiger partial charge in [-0.1, -0.05) is 18.6 Å². The van der Waals surface area contributed by atoms with Crippen molar-refractivity contribution in [3.05, 3.63) is 59.8 Å². The Bertz CT molecular complexity index is 1430. The topological polar surface area (TPSA) is 78.1 Å². The molecule has 5 rings (SSSR count). The molecule has 2 amide bonds. The minimum atomic E-state index is -4.44. The summed E-state index contributed by atoms with van der Waals surface area (Å²) >= 11 is 0. The van der Waals surface area contributed by atoms with Crippen LogP contribution in [0.5, 0.6) is 11.5 Å². The summed E-state index contributed by atoms with van der Waals surface area (Å²) in [5.74, 6) is -0.406. The number of carbonyl (C=O) groups is 2. The van der Waals surface area contributed by atoms with Gasteiger partial charge >= 0.3 is 12.8 Å². The molecule has 0 radical (unpaired) electrons. The molecule has 0 spiro atoms. The molecule has 2 aromatic carbocycles. The number of alkyl halides is 5. The van der Waals surface area contributed by atoms with Crippen molar-refractivity contribution in [2.24, 2.45) is 0 Å². The van der Waals surface area contributed by atoms with Crippen molar-refractivity contribution < 1.29 is 41.0 Å². The number of hydrogen-bond donors (Lipinski definition) is 1. The Labute approximate surface area is 238 Å². The molecule has 2 fully saturated rings. The van der Waals surface area contributed by atoms with Crippen molar-refractivity contribution in [1.29, 1.82) is 0 Å². The molecule has 13 heteroatoms. The number of carbonyl (C=O) groups excluding carboxylic acids is 2. The van der Waals surface area contributed by atoms with Gasteiger partial charge in [-0.15, -0.1) is 0 Å². The van der Waals surface area contributed by atoms with Crippen LogP contribution >= 0.6 is 0 Å². The van der Waals surface area contributed by atoms with E-state index in [-0.39, 0.29) is 50.6 Å². The van der Waals surface area contributed by atoms with E-state index < -0.39 is 36.7 Å². The lowest BCUT2D eigenvalue weighted by molar-refractivity contribution is -0.193. The molecule has 2 aliphatic rings. The molecule has 3 heterocycles. The Kier molecular flexibility index (Phi) is 8.58. The summed E-state index contributed by atoms with van der Waals surface area (Å²) in [5, 5.41) is 0.728. The number of nitrogens with one attached hydrogen (secondary N) is 1. The van der Waals surface area contributed by atoms with E-state index in [0.717, 1.165) is 5.39 Å². The third kappa shape index (κ3) is 6.61. The first-order valence-electron chi connectivity index (χ1n) is 13.6. The van der Waals surface area contributed by atoms with Crippen LogP contribution in [0.1, 0.15) is 35.3 Å². The molecular formula is C29H31F5N4O4. The lowest BCUT2D eigenvalue weighted by atomic mass is 9.99. The summed E-state index contributed by atoms with van der Waals surface area (Å²) in [6, 6.07) is 10.3. The first-order chi connectivity index (χ1) is 20.0. The number of nitrogens with zero attached hydrogens (tertiary/aromatic N) is 3. The van der Waals surface area contributed by atoms with E-state index in [0.29, 0.717) is 29.7 Å². The smallest absolute Gasteiger partial charge is 0.404 e. The number of benzene rings is 2. The van der Waals surface area contributed by atoms with Crippen LogP contribution < -0.4 is 9.47 Å². The maximum atomic E-state index is 13.9. The maximum Gasteiger partial charge on any atom is 0.404 e. The zero-order valence-electron chi connectivity index (χ0n) is 22.9. The van der Waals surface area contributed by atoms with Gasteiger partial charge in [0.1, 0.15) is 29.8 Å². The van der Waals surface area contributed by atoms with E-state index in [4.69, 9.17) is 4.74 Å². The molecule has 1 aromatic heterocycles. The Morgan fingerprint density at radius 2 is 1.90 bits per heavy atom. The third-order valence-corrected chi connectivity index (χ3v) is 7.78. The van der Waals surface area contributed by atoms with E-state index in [1.165, 1.54) is 40.0 Å². The summed E-state index contributed by atoms with van der Waals surface area (Å²) < 4.78 is 77.0. The largest absolute Gasteiger partial charge is 0.497 e. The fraction of sp³-hybridized carbons (Fsp3) is 0.448. The van der Waals surface area contributed by atoms with Gasteiger partial charge in [-0.3, -0.25) is 14.5 Å². The standard InChI is InChI=1S/C29H31F5N4O4/c1-41-21-8-9-23-19(12-21)13-24(35-23)27(40)37-16-20(15-36-10-3-2-7-25(36)29(32,33)34)38(26(39)17-37)14-18-5-4-6-22(11-18)42-28(30)31/h4-6,8-9,11-13,20,25,28,35H,2-3,7,10,14-17H2,1H3/t20-,25?/m0/s1. The summed E-state index contributed by atoms with van der Waals surface area (Å²) in [6.45, 7) is -3.26. The zero-order valence-corrected chi connectivity index (χ0v) is 22.9. The van der Waals surface area contributed by atoms with Crippen LogP contribution in [0.3, 0.4) is 0 Å². The number of ether oxygens (including phenoxy) is 2. The van der Waals surface area contributed by atoms with Crippen molar-refractivity contribution >= 4 is 22.7 Å². The molecule has 0 saturated carbocycles. The van der Waals surface area contributed by atoms with Gasteiger partial charge in [0.2, 0.25) is 5.91 Å². The Morgan fingerprint density at radius 3 is 2.64 bits per heavy atom. The highest BCUT2D eigenvalue weighted by molar-refractivity contribution is 6.00. The van der Waals surface area contributed by atoms with Gasteiger partial charge in [0.15, 0.2) is 0 Å². The SMILES string of the molecule is COc1ccc2[nH]c(C(=O)N3CC(=O)N(Cc4cccc(OC(F)F)c4)[C@@H](CN4CCCCC4C(F)(F)F)C3)cc2c1. The van der Waals surface area contributed by atoms with Crippen molar-refractivity contribution in [3.8, 4) is 11.5 Å². The number of hydrogen-bond acceptors (Lipinski definition) is 5. The number of fused-ring (bicyclic) bond motifs is 1. The molecule has 42 heavy (non-hydrogen) atoms. The number of likely N-dealkylation sites (tertiary alicyclic amines) is 1. The van der Waals surface area contributed by atoms with Crippen LogP contribution in [0.15, 0.2) is 48.5 Å². The number of piperazine rings is 1. The average molecular weight is 595 g/mol. The number of aromatic nitrogens is 1. The maximum absolute atomic E-state index is 13.9. The molecular weight excluding hydrogens is 563 g/mol. The lowest BCUT2D eigenvalue weighted by Gasteiger charge is -2.45. The quantitative estimate of drug-likeness (QED) is 0.370. The molecule has 2 atom stereocenters. The molecule has 0 bridgehead atoms. The highest BCUT2D eigenvalue weighted by Crippen LogP contribution is 2.33. The molecule has 1 unspecified atom stereocenters. The summed E-state index contributed by atoms with van der Waals surface area (Å²) in [6.07, 6.45) is -3.45. The van der Waals surface area contributed by atoms with Crippen molar-refractivity contribution in [3.63, 3.8) is 0 Å². The van der Waals surface area contributed by atoms with Crippen LogP contribution in [-0.2, 0) is 11.3 Å². The van der Waals surface area contributed by atoms with E-state index in [9.17, 15) is 31.5 Å². The van der Waals surface area contributed by atoms with Crippen LogP contribution in [0.4, 0.5) is 22.0 Å². The highest BCUT2D eigenvalue weighted by atomic mass is 19.4. The van der Waals surface area contributed by atoms with E-state index in [1.807, 2.05) is 0 Å². The van der Waals surface area contributed by atoms with Gasteiger partial charge in [-0.2, -0.15) is 22.0 Å². The van der Waals surface area contributed by atoms with Crippen LogP contribution in [0.2, 0.25) is 0 Å². The Hall–Kier alpha value is -3.87. The van der Waals surface area contributed by atoms with Crippen LogP contribution in [-0.4, -0.2) is 89.7 Å². The van der Waals surface area contributed by atoms with Crippen molar-refractivity contribution in [2.75, 3.05) is 33.3 Å². The fourth-order valence-electron chi connectivity index (χ4n) is 5.79. The summed E-state index contributed by atoms with van der Waals surface area (Å²) in [5.41, 5.74) is 1.40. The van der Waals surface area contributed by atoms with E-state index >= 15 is 0 Å². The van der Waals surface area contributed by atoms with E-state index in [1.54, 1.807) is 30.3 Å². The van der Waals surface area contributed by atoms with Gasteiger partial charge in [0.05, 0.1) is 13.2 Å². The molecule has 226 valence electrons. The molecule has 8 nitrogen and oxygen atoms in total. The number of H-pyrrole nitrogens is 1. The van der Waals surface area contributed by atoms with Crippen LogP contribution in [0.25, 0.3) is 10.9 Å². The monoisotopic (exact) mass is 594 g/mol. The first-order valence-corrected chi connectivity index (χ1v) is 13.6. The molecule has 3 aromatic rings. The number of piperidine rings is 1. The second-order valence-electron chi connectivity index (χ2n) is 10.6. The highest BCUT2D eigenvalue weighted by Gasteiger charge is 2.46. The molecule has 2 saturated heterocycles. The van der Waals surface area contributed by atoms with Gasteiger partial charge in [-0.05, 0) is 61.3 Å². The number of rotatable bonds is 8. The second-order valence-corrected chi connectivity index (χ2v) is 10.6. The van der Waals surface area contributed by atoms with Gasteiger partial charge < -0.3 is 24.3 Å². The first kappa shape index (κ1) is 29.6. The molecule has 2 aliphatic heterocycles. The van der Waals surface area contributed by atoms with Crippen LogP contribution in [0, 0.1) is 0 Å². The van der Waals surface area contributed by atoms with E-state index in [2.05, 4.69) is 9.72 Å². The van der Waals surface area contributed by atoms with Crippen molar-refractivity contribution in [2.45, 2.75) is 50.7 Å². The van der Waals surface area contributed by atoms with Gasteiger partial charge in [-0.25, -0.2) is 0 Å². The minimum Gasteiger partial charge on any atom is -0.497 e. The normalized spacial score (nSPS) is 20.4. The Morgan fingerprint density at radius 1 is 1.10 bits per heavy atom. The Balaban J connectivity index is 1.41. The number of aromatic amines is 1. The lowest BCUT2D eigenvalue weighted by Crippen LogP contribution is -2.62. The zero-order chi connectivity index (χ0) is 30.0. The molecule has 1 N–H and O–H groups in total.